The fraction of sp³-hybridized carbons (Fsp3) is 0.562. The van der Waals surface area contributed by atoms with Crippen LogP contribution in [0.15, 0.2) is 12.1 Å². The monoisotopic (exact) mass is 422 g/mol. The van der Waals surface area contributed by atoms with Crippen molar-refractivity contribution >= 4 is 45.2 Å². The molecule has 0 N–H and O–H groups in total. The fourth-order valence-electron chi connectivity index (χ4n) is 3.26. The van der Waals surface area contributed by atoms with Gasteiger partial charge in [0.05, 0.1) is 20.5 Å². The molecule has 0 aliphatic carbocycles. The van der Waals surface area contributed by atoms with E-state index in [4.69, 9.17) is 11.6 Å². The number of alkyl halides is 1. The summed E-state index contributed by atoms with van der Waals surface area (Å²) < 4.78 is 16.7. The summed E-state index contributed by atoms with van der Waals surface area (Å²) in [4.78, 5) is 4.59. The zero-order valence-corrected chi connectivity index (χ0v) is 16.0. The zero-order chi connectivity index (χ0) is 16.0. The molecular formula is C16H21ClFIN2. The molecule has 1 aromatic heterocycles. The van der Waals surface area contributed by atoms with Crippen LogP contribution in [0.5, 0.6) is 0 Å². The van der Waals surface area contributed by atoms with Crippen LogP contribution in [0.25, 0.3) is 11.0 Å². The highest BCUT2D eigenvalue weighted by Crippen LogP contribution is 2.36. The van der Waals surface area contributed by atoms with E-state index in [-0.39, 0.29) is 16.8 Å². The maximum atomic E-state index is 14.0. The molecule has 0 unspecified atom stereocenters. The van der Waals surface area contributed by atoms with Crippen molar-refractivity contribution in [1.82, 2.24) is 9.55 Å². The van der Waals surface area contributed by atoms with Gasteiger partial charge in [-0.25, -0.2) is 9.37 Å². The van der Waals surface area contributed by atoms with Crippen LogP contribution in [0.3, 0.4) is 0 Å². The number of hydrogen-bond acceptors (Lipinski definition) is 1. The predicted octanol–water partition coefficient (Wildman–Crippen LogP) is 5.69. The van der Waals surface area contributed by atoms with E-state index in [1.54, 1.807) is 12.1 Å². The van der Waals surface area contributed by atoms with Gasteiger partial charge in [-0.2, -0.15) is 0 Å². The number of benzene rings is 1. The lowest BCUT2D eigenvalue weighted by molar-refractivity contribution is 0.216. The number of fused-ring (bicyclic) bond motifs is 1. The maximum Gasteiger partial charge on any atom is 0.138 e. The minimum atomic E-state index is -0.211. The van der Waals surface area contributed by atoms with Crippen molar-refractivity contribution in [2.24, 2.45) is 5.41 Å². The van der Waals surface area contributed by atoms with Gasteiger partial charge in [-0.15, -0.1) is 11.6 Å². The molecule has 0 aliphatic rings. The Morgan fingerprint density at radius 1 is 1.24 bits per heavy atom. The molecule has 21 heavy (non-hydrogen) atoms. The Morgan fingerprint density at radius 2 is 1.86 bits per heavy atom. The van der Waals surface area contributed by atoms with E-state index in [9.17, 15) is 4.39 Å². The van der Waals surface area contributed by atoms with Crippen LogP contribution in [0.1, 0.15) is 46.9 Å². The molecular weight excluding hydrogens is 402 g/mol. The minimum Gasteiger partial charge on any atom is -0.321 e. The lowest BCUT2D eigenvalue weighted by atomic mass is 9.81. The molecule has 0 saturated carbocycles. The predicted molar refractivity (Wildman–Crippen MR) is 95.4 cm³/mol. The lowest BCUT2D eigenvalue weighted by Crippen LogP contribution is -2.32. The van der Waals surface area contributed by atoms with Crippen LogP contribution in [0, 0.1) is 14.8 Å². The van der Waals surface area contributed by atoms with E-state index in [2.05, 4.69) is 44.2 Å². The standard InChI is InChI=1S/C16H21ClFIN2/c1-15(2,3)9-16(4,5)21-13-6-10(18)11(19)7-12(13)20-14(21)8-17/h6-7H,8-9H2,1-5H3. The Hall–Kier alpha value is -0.360. The molecule has 2 nitrogen and oxygen atoms in total. The molecule has 116 valence electrons. The number of halogens is 3. The van der Waals surface area contributed by atoms with Crippen molar-refractivity contribution in [2.45, 2.75) is 52.5 Å². The van der Waals surface area contributed by atoms with Crippen LogP contribution < -0.4 is 0 Å². The molecule has 1 aromatic carbocycles. The van der Waals surface area contributed by atoms with Gasteiger partial charge in [0.15, 0.2) is 0 Å². The Bertz CT molecular complexity index is 671. The molecule has 5 heteroatoms. The van der Waals surface area contributed by atoms with Crippen LogP contribution in [-0.4, -0.2) is 9.55 Å². The first-order chi connectivity index (χ1) is 9.55. The maximum absolute atomic E-state index is 14.0. The van der Waals surface area contributed by atoms with Crippen molar-refractivity contribution in [3.63, 3.8) is 0 Å². The van der Waals surface area contributed by atoms with Gasteiger partial charge in [0.1, 0.15) is 11.6 Å². The molecule has 0 saturated heterocycles. The summed E-state index contributed by atoms with van der Waals surface area (Å²) in [6, 6.07) is 3.36. The smallest absolute Gasteiger partial charge is 0.138 e. The lowest BCUT2D eigenvalue weighted by Gasteiger charge is -2.35. The topological polar surface area (TPSA) is 17.8 Å². The van der Waals surface area contributed by atoms with Crippen LogP contribution in [-0.2, 0) is 11.4 Å². The van der Waals surface area contributed by atoms with Crippen LogP contribution in [0.2, 0.25) is 0 Å². The Kier molecular flexibility index (Phi) is 4.60. The summed E-state index contributed by atoms with van der Waals surface area (Å²) in [6.07, 6.45) is 0.947. The van der Waals surface area contributed by atoms with E-state index in [1.807, 2.05) is 22.6 Å². The second-order valence-corrected chi connectivity index (χ2v) is 8.73. The van der Waals surface area contributed by atoms with Crippen molar-refractivity contribution < 1.29 is 4.39 Å². The Morgan fingerprint density at radius 3 is 2.38 bits per heavy atom. The van der Waals surface area contributed by atoms with Crippen molar-refractivity contribution in [2.75, 3.05) is 0 Å². The highest BCUT2D eigenvalue weighted by Gasteiger charge is 2.30. The van der Waals surface area contributed by atoms with Gasteiger partial charge in [0.25, 0.3) is 0 Å². The van der Waals surface area contributed by atoms with Gasteiger partial charge < -0.3 is 4.57 Å². The molecule has 0 amide bonds. The second kappa shape index (κ2) is 5.69. The first-order valence-corrected chi connectivity index (χ1v) is 8.59. The van der Waals surface area contributed by atoms with Crippen molar-refractivity contribution in [3.05, 3.63) is 27.3 Å². The largest absolute Gasteiger partial charge is 0.321 e. The van der Waals surface area contributed by atoms with Gasteiger partial charge in [0.2, 0.25) is 0 Å². The summed E-state index contributed by atoms with van der Waals surface area (Å²) in [7, 11) is 0. The quantitative estimate of drug-likeness (QED) is 0.459. The Labute approximate surface area is 144 Å². The fourth-order valence-corrected chi connectivity index (χ4v) is 3.89. The third-order valence-corrected chi connectivity index (χ3v) is 4.52. The number of rotatable bonds is 3. The highest BCUT2D eigenvalue weighted by molar-refractivity contribution is 14.1. The van der Waals surface area contributed by atoms with Gasteiger partial charge in [-0.1, -0.05) is 20.8 Å². The SMILES string of the molecule is CC(C)(C)CC(C)(C)n1c(CCl)nc2cc(I)c(F)cc21. The molecule has 0 radical (unpaired) electrons. The summed E-state index contributed by atoms with van der Waals surface area (Å²) in [6.45, 7) is 10.9. The molecule has 0 spiro atoms. The molecule has 2 rings (SSSR count). The normalized spacial score (nSPS) is 13.1. The molecule has 0 bridgehead atoms. The first-order valence-electron chi connectivity index (χ1n) is 6.98. The van der Waals surface area contributed by atoms with Gasteiger partial charge in [-0.05, 0) is 54.3 Å². The average molecular weight is 423 g/mol. The van der Waals surface area contributed by atoms with Crippen molar-refractivity contribution in [1.29, 1.82) is 0 Å². The van der Waals surface area contributed by atoms with Crippen LogP contribution >= 0.6 is 34.2 Å². The van der Waals surface area contributed by atoms with Crippen LogP contribution in [0.4, 0.5) is 4.39 Å². The molecule has 0 aliphatic heterocycles. The van der Waals surface area contributed by atoms with Gasteiger partial charge >= 0.3 is 0 Å². The first kappa shape index (κ1) is 17.0. The molecule has 1 heterocycles. The molecule has 2 aromatic rings. The van der Waals surface area contributed by atoms with Gasteiger partial charge in [-0.3, -0.25) is 0 Å². The number of aromatic nitrogens is 2. The third-order valence-electron chi connectivity index (χ3n) is 3.45. The zero-order valence-electron chi connectivity index (χ0n) is 13.1. The summed E-state index contributed by atoms with van der Waals surface area (Å²) in [5.41, 5.74) is 1.60. The van der Waals surface area contributed by atoms with E-state index in [0.717, 1.165) is 23.3 Å². The number of imidazole rings is 1. The number of hydrogen-bond donors (Lipinski definition) is 0. The van der Waals surface area contributed by atoms with E-state index in [1.165, 1.54) is 0 Å². The summed E-state index contributed by atoms with van der Waals surface area (Å²) in [5, 5.41) is 0. The number of nitrogens with zero attached hydrogens (tertiary/aromatic N) is 2. The average Bonchev–Trinajstić information content (AvgIpc) is 2.65. The van der Waals surface area contributed by atoms with Gasteiger partial charge in [0, 0.05) is 11.6 Å². The van der Waals surface area contributed by atoms with E-state index in [0.29, 0.717) is 9.45 Å². The second-order valence-electron chi connectivity index (χ2n) is 7.30. The highest BCUT2D eigenvalue weighted by atomic mass is 127. The van der Waals surface area contributed by atoms with Crippen molar-refractivity contribution in [3.8, 4) is 0 Å². The summed E-state index contributed by atoms with van der Waals surface area (Å²) in [5.74, 6) is 0.903. The molecule has 0 fully saturated rings. The van der Waals surface area contributed by atoms with E-state index >= 15 is 0 Å². The summed E-state index contributed by atoms with van der Waals surface area (Å²) >= 11 is 8.07. The third kappa shape index (κ3) is 3.52. The Balaban J connectivity index is 2.69. The molecule has 0 atom stereocenters. The van der Waals surface area contributed by atoms with E-state index < -0.39 is 0 Å². The minimum absolute atomic E-state index is 0.158.